The molecule has 6 nitrogen and oxygen atoms in total. The summed E-state index contributed by atoms with van der Waals surface area (Å²) in [6, 6.07) is 39.1. The van der Waals surface area contributed by atoms with Gasteiger partial charge in [0.15, 0.2) is 11.3 Å². The van der Waals surface area contributed by atoms with Gasteiger partial charge in [-0.15, -0.1) is 0 Å². The smallest absolute Gasteiger partial charge is 0.160 e. The van der Waals surface area contributed by atoms with Crippen molar-refractivity contribution < 1.29 is 4.39 Å². The topological polar surface area (TPSA) is 72.3 Å². The van der Waals surface area contributed by atoms with Crippen LogP contribution in [0.1, 0.15) is 5.56 Å². The molecular formula is C36H25FN6. The number of nitrogens with zero attached hydrogens (tertiary/aromatic N) is 5. The Bertz CT molecular complexity index is 2420. The van der Waals surface area contributed by atoms with Gasteiger partial charge < -0.3 is 9.55 Å². The highest BCUT2D eigenvalue weighted by Crippen LogP contribution is 2.29. The number of halogens is 1. The van der Waals surface area contributed by atoms with Crippen LogP contribution in [0.5, 0.6) is 0 Å². The Kier molecular flexibility index (Phi) is 6.00. The van der Waals surface area contributed by atoms with Crippen LogP contribution in [0.25, 0.3) is 66.2 Å². The highest BCUT2D eigenvalue weighted by Gasteiger charge is 2.15. The summed E-state index contributed by atoms with van der Waals surface area (Å²) in [4.78, 5) is 22.2. The molecule has 43 heavy (non-hydrogen) atoms. The van der Waals surface area contributed by atoms with Crippen molar-refractivity contribution in [3.05, 3.63) is 133 Å². The molecule has 9 rings (SSSR count). The molecule has 0 atom stereocenters. The van der Waals surface area contributed by atoms with E-state index in [0.29, 0.717) is 0 Å². The lowest BCUT2D eigenvalue weighted by molar-refractivity contribution is 0.629. The van der Waals surface area contributed by atoms with E-state index in [4.69, 9.17) is 9.97 Å². The van der Waals surface area contributed by atoms with Crippen LogP contribution in [0.4, 0.5) is 4.39 Å². The van der Waals surface area contributed by atoms with Crippen molar-refractivity contribution in [2.45, 2.75) is 13.0 Å². The molecule has 0 radical (unpaired) electrons. The first-order chi connectivity index (χ1) is 21.2. The second kappa shape index (κ2) is 10.3. The maximum atomic E-state index is 13.9. The number of benzene rings is 5. The van der Waals surface area contributed by atoms with Gasteiger partial charge in [-0.25, -0.2) is 24.3 Å². The molecule has 1 N–H and O–H groups in total. The minimum absolute atomic E-state index is 0.255. The summed E-state index contributed by atoms with van der Waals surface area (Å²) in [5.41, 5.74) is 10.2. The third-order valence-corrected chi connectivity index (χ3v) is 7.79. The van der Waals surface area contributed by atoms with E-state index in [1.807, 2.05) is 91.0 Å². The maximum Gasteiger partial charge on any atom is 0.160 e. The lowest BCUT2D eigenvalue weighted by atomic mass is 10.1. The zero-order valence-electron chi connectivity index (χ0n) is 23.1. The van der Waals surface area contributed by atoms with Gasteiger partial charge in [0.1, 0.15) is 16.9 Å². The van der Waals surface area contributed by atoms with E-state index in [-0.39, 0.29) is 5.82 Å². The summed E-state index contributed by atoms with van der Waals surface area (Å²) in [5, 5.41) is 1.94. The third kappa shape index (κ3) is 4.51. The maximum absolute atomic E-state index is 13.9. The van der Waals surface area contributed by atoms with Gasteiger partial charge in [-0.2, -0.15) is 0 Å². The first-order valence-electron chi connectivity index (χ1n) is 14.2. The van der Waals surface area contributed by atoms with E-state index in [1.54, 1.807) is 6.07 Å². The summed E-state index contributed by atoms with van der Waals surface area (Å²) in [6.45, 7) is 0.767. The van der Waals surface area contributed by atoms with E-state index in [9.17, 15) is 4.39 Å². The molecule has 0 fully saturated rings. The molecule has 206 valence electrons. The van der Waals surface area contributed by atoms with Crippen LogP contribution >= 0.6 is 0 Å². The van der Waals surface area contributed by atoms with Gasteiger partial charge in [-0.1, -0.05) is 72.8 Å². The number of hydrogen-bond donors (Lipinski definition) is 1. The van der Waals surface area contributed by atoms with Crippen molar-refractivity contribution in [1.82, 2.24) is 29.5 Å². The molecule has 4 heterocycles. The fourth-order valence-corrected chi connectivity index (χ4v) is 5.72. The fourth-order valence-electron chi connectivity index (χ4n) is 5.72. The van der Waals surface area contributed by atoms with Crippen LogP contribution < -0.4 is 0 Å². The first-order valence-corrected chi connectivity index (χ1v) is 14.2. The monoisotopic (exact) mass is 560 g/mol. The van der Waals surface area contributed by atoms with Crippen molar-refractivity contribution in [1.29, 1.82) is 0 Å². The molecule has 0 spiro atoms. The zero-order valence-corrected chi connectivity index (χ0v) is 23.1. The Morgan fingerprint density at radius 3 is 1.98 bits per heavy atom. The van der Waals surface area contributed by atoms with Gasteiger partial charge in [0, 0.05) is 22.8 Å². The Balaban J connectivity index is 0.000000141. The summed E-state index contributed by atoms with van der Waals surface area (Å²) in [5.74, 6) is -0.255. The first kappa shape index (κ1) is 25.1. The van der Waals surface area contributed by atoms with Crippen LogP contribution in [0, 0.1) is 5.82 Å². The Morgan fingerprint density at radius 2 is 1.21 bits per heavy atom. The van der Waals surface area contributed by atoms with Gasteiger partial charge in [0.25, 0.3) is 0 Å². The number of hydrogen-bond acceptors (Lipinski definition) is 4. The molecule has 0 aliphatic heterocycles. The molecule has 0 saturated heterocycles. The lowest BCUT2D eigenvalue weighted by Crippen LogP contribution is -2.02. The van der Waals surface area contributed by atoms with E-state index in [2.05, 4.69) is 37.7 Å². The molecule has 0 saturated carbocycles. The van der Waals surface area contributed by atoms with Crippen LogP contribution in [0.15, 0.2) is 121 Å². The Morgan fingerprint density at radius 1 is 0.581 bits per heavy atom. The van der Waals surface area contributed by atoms with Gasteiger partial charge in [-0.05, 0) is 60.5 Å². The van der Waals surface area contributed by atoms with Crippen LogP contribution in [-0.2, 0) is 13.0 Å². The van der Waals surface area contributed by atoms with E-state index < -0.39 is 0 Å². The normalized spacial score (nSPS) is 11.6. The standard InChI is InChI=1S/C22H16FN3.C14H9N3/c23-16-10-11-20-17(14-16)21-22(25-19-9-5-4-8-18(19)24-21)26(20)13-12-15-6-2-1-3-7-15;1-2-6-10-9(5-1)13-14(16-10)17-12-8-4-3-7-11(12)15-13/h1-11,14H,12-13H2;1-8H,(H,16,17). The predicted octanol–water partition coefficient (Wildman–Crippen LogP) is 8.38. The molecule has 4 aromatic heterocycles. The second-order valence-corrected chi connectivity index (χ2v) is 10.5. The number of aromatic amines is 1. The van der Waals surface area contributed by atoms with Gasteiger partial charge in [-0.3, -0.25) is 0 Å². The molecule has 0 aliphatic carbocycles. The van der Waals surface area contributed by atoms with Crippen molar-refractivity contribution >= 4 is 66.2 Å². The Hall–Kier alpha value is -5.69. The lowest BCUT2D eigenvalue weighted by Gasteiger charge is -2.07. The average molecular weight is 561 g/mol. The van der Waals surface area contributed by atoms with Crippen molar-refractivity contribution in [2.75, 3.05) is 0 Å². The third-order valence-electron chi connectivity index (χ3n) is 7.79. The summed E-state index contributed by atoms with van der Waals surface area (Å²) in [7, 11) is 0. The van der Waals surface area contributed by atoms with Crippen molar-refractivity contribution in [3.8, 4) is 0 Å². The molecule has 0 aliphatic rings. The number of fused-ring (bicyclic) bond motifs is 8. The SMILES string of the molecule is Fc1ccc2c(c1)c1nc3ccccc3nc1n2CCc1ccccc1.c1ccc2nc3c(nc2c1)[nH]c1ccccc13. The molecule has 5 aromatic carbocycles. The largest absolute Gasteiger partial charge is 0.338 e. The Labute approximate surface area is 245 Å². The van der Waals surface area contributed by atoms with Gasteiger partial charge in [0.05, 0.1) is 27.6 Å². The molecule has 0 bridgehead atoms. The molecular weight excluding hydrogens is 535 g/mol. The van der Waals surface area contributed by atoms with Crippen LogP contribution in [-0.4, -0.2) is 29.5 Å². The zero-order chi connectivity index (χ0) is 28.8. The summed E-state index contributed by atoms with van der Waals surface area (Å²) >= 11 is 0. The second-order valence-electron chi connectivity index (χ2n) is 10.5. The molecule has 7 heteroatoms. The average Bonchev–Trinajstić information content (AvgIpc) is 3.56. The minimum atomic E-state index is -0.255. The highest BCUT2D eigenvalue weighted by atomic mass is 19.1. The van der Waals surface area contributed by atoms with Crippen LogP contribution in [0.3, 0.4) is 0 Å². The van der Waals surface area contributed by atoms with E-state index in [1.165, 1.54) is 11.6 Å². The van der Waals surface area contributed by atoms with Crippen molar-refractivity contribution in [2.24, 2.45) is 0 Å². The number of aryl methyl sites for hydroxylation is 2. The fraction of sp³-hybridized carbons (Fsp3) is 0.0556. The quantitative estimate of drug-likeness (QED) is 0.236. The summed E-state index contributed by atoms with van der Waals surface area (Å²) < 4.78 is 16.0. The minimum Gasteiger partial charge on any atom is -0.338 e. The predicted molar refractivity (Wildman–Crippen MR) is 172 cm³/mol. The molecule has 0 amide bonds. The number of aromatic nitrogens is 6. The number of rotatable bonds is 3. The van der Waals surface area contributed by atoms with Gasteiger partial charge in [0.2, 0.25) is 0 Å². The highest BCUT2D eigenvalue weighted by molar-refractivity contribution is 6.07. The van der Waals surface area contributed by atoms with E-state index in [0.717, 1.165) is 79.2 Å². The molecule has 0 unspecified atom stereocenters. The van der Waals surface area contributed by atoms with Crippen molar-refractivity contribution in [3.63, 3.8) is 0 Å². The molecule has 9 aromatic rings. The number of para-hydroxylation sites is 5. The number of H-pyrrole nitrogens is 1. The van der Waals surface area contributed by atoms with Gasteiger partial charge >= 0.3 is 0 Å². The summed E-state index contributed by atoms with van der Waals surface area (Å²) in [6.07, 6.45) is 0.881. The van der Waals surface area contributed by atoms with E-state index >= 15 is 0 Å². The number of nitrogens with one attached hydrogen (secondary N) is 1. The van der Waals surface area contributed by atoms with Crippen LogP contribution in [0.2, 0.25) is 0 Å².